The highest BCUT2D eigenvalue weighted by Gasteiger charge is 2.17. The van der Waals surface area contributed by atoms with E-state index in [0.29, 0.717) is 17.7 Å². The summed E-state index contributed by atoms with van der Waals surface area (Å²) in [6, 6.07) is 9.52. The van der Waals surface area contributed by atoms with Crippen molar-refractivity contribution < 1.29 is 9.90 Å². The van der Waals surface area contributed by atoms with E-state index in [1.165, 1.54) is 0 Å². The highest BCUT2D eigenvalue weighted by Crippen LogP contribution is 2.11. The molecule has 0 aliphatic rings. The third-order valence-electron chi connectivity index (χ3n) is 3.14. The van der Waals surface area contributed by atoms with Gasteiger partial charge in [-0.3, -0.25) is 4.79 Å². The first-order valence-corrected chi connectivity index (χ1v) is 6.00. The lowest BCUT2D eigenvalue weighted by molar-refractivity contribution is 0.0694. The SMILES string of the molecule is Cc1[nH]c(C)c(C(=O)O)c(=O)c1Cc1ccccc1. The average molecular weight is 257 g/mol. The fraction of sp³-hybridized carbons (Fsp3) is 0.200. The number of hydrogen-bond donors (Lipinski definition) is 2. The van der Waals surface area contributed by atoms with Crippen molar-refractivity contribution in [2.75, 3.05) is 0 Å². The normalized spacial score (nSPS) is 10.4. The number of rotatable bonds is 3. The number of hydrogen-bond acceptors (Lipinski definition) is 2. The number of nitrogens with one attached hydrogen (secondary N) is 1. The molecule has 98 valence electrons. The van der Waals surface area contributed by atoms with Crippen molar-refractivity contribution in [1.82, 2.24) is 4.98 Å². The molecule has 1 heterocycles. The molecule has 2 N–H and O–H groups in total. The minimum atomic E-state index is -1.19. The largest absolute Gasteiger partial charge is 0.477 e. The molecule has 1 aromatic heterocycles. The van der Waals surface area contributed by atoms with E-state index < -0.39 is 11.4 Å². The van der Waals surface area contributed by atoms with E-state index in [-0.39, 0.29) is 5.56 Å². The Balaban J connectivity index is 2.55. The van der Waals surface area contributed by atoms with Gasteiger partial charge in [0.15, 0.2) is 5.43 Å². The first kappa shape index (κ1) is 13.1. The van der Waals surface area contributed by atoms with Gasteiger partial charge in [-0.2, -0.15) is 0 Å². The highest BCUT2D eigenvalue weighted by molar-refractivity contribution is 5.88. The van der Waals surface area contributed by atoms with E-state index in [0.717, 1.165) is 11.3 Å². The monoisotopic (exact) mass is 257 g/mol. The standard InChI is InChI=1S/C15H15NO3/c1-9-12(8-11-6-4-3-5-7-11)14(17)13(15(18)19)10(2)16-9/h3-7H,8H2,1-2H3,(H,16,17)(H,18,19). The number of benzene rings is 1. The second-order valence-corrected chi connectivity index (χ2v) is 4.53. The minimum Gasteiger partial charge on any atom is -0.477 e. The molecular formula is C15H15NO3. The van der Waals surface area contributed by atoms with E-state index >= 15 is 0 Å². The number of aryl methyl sites for hydroxylation is 2. The van der Waals surface area contributed by atoms with Gasteiger partial charge in [0.2, 0.25) is 0 Å². The third-order valence-corrected chi connectivity index (χ3v) is 3.14. The van der Waals surface area contributed by atoms with E-state index in [1.807, 2.05) is 30.3 Å². The molecule has 0 aliphatic carbocycles. The lowest BCUT2D eigenvalue weighted by Crippen LogP contribution is -2.23. The Morgan fingerprint density at radius 1 is 1.16 bits per heavy atom. The van der Waals surface area contributed by atoms with Crippen molar-refractivity contribution >= 4 is 5.97 Å². The van der Waals surface area contributed by atoms with Crippen molar-refractivity contribution in [2.24, 2.45) is 0 Å². The van der Waals surface area contributed by atoms with Gasteiger partial charge in [-0.15, -0.1) is 0 Å². The molecule has 2 aromatic rings. The summed E-state index contributed by atoms with van der Waals surface area (Å²) in [4.78, 5) is 26.4. The number of H-pyrrole nitrogens is 1. The third kappa shape index (κ3) is 2.57. The number of aromatic amines is 1. The summed E-state index contributed by atoms with van der Waals surface area (Å²) in [5.41, 5.74) is 2.04. The number of carboxylic acids is 1. The van der Waals surface area contributed by atoms with Gasteiger partial charge in [0, 0.05) is 23.4 Å². The molecule has 4 nitrogen and oxygen atoms in total. The zero-order valence-electron chi connectivity index (χ0n) is 10.9. The van der Waals surface area contributed by atoms with Gasteiger partial charge in [0.25, 0.3) is 0 Å². The van der Waals surface area contributed by atoms with Crippen LogP contribution >= 0.6 is 0 Å². The molecule has 19 heavy (non-hydrogen) atoms. The fourth-order valence-electron chi connectivity index (χ4n) is 2.18. The Kier molecular flexibility index (Phi) is 3.51. The maximum Gasteiger partial charge on any atom is 0.341 e. The van der Waals surface area contributed by atoms with E-state index in [9.17, 15) is 9.59 Å². The maximum absolute atomic E-state index is 12.3. The smallest absolute Gasteiger partial charge is 0.341 e. The molecule has 1 aromatic carbocycles. The summed E-state index contributed by atoms with van der Waals surface area (Å²) < 4.78 is 0. The minimum absolute atomic E-state index is 0.170. The average Bonchev–Trinajstić information content (AvgIpc) is 2.35. The number of aromatic carboxylic acids is 1. The Morgan fingerprint density at radius 2 is 1.79 bits per heavy atom. The molecule has 0 bridgehead atoms. The van der Waals surface area contributed by atoms with Crippen LogP contribution in [0, 0.1) is 13.8 Å². The molecule has 0 fully saturated rings. The highest BCUT2D eigenvalue weighted by atomic mass is 16.4. The molecule has 0 atom stereocenters. The Labute approximate surface area is 110 Å². The Morgan fingerprint density at radius 3 is 2.37 bits per heavy atom. The van der Waals surface area contributed by atoms with Gasteiger partial charge in [-0.05, 0) is 19.4 Å². The van der Waals surface area contributed by atoms with Gasteiger partial charge < -0.3 is 10.1 Å². The molecule has 2 rings (SSSR count). The molecule has 4 heteroatoms. The van der Waals surface area contributed by atoms with Crippen LogP contribution < -0.4 is 5.43 Å². The first-order chi connectivity index (χ1) is 9.00. The van der Waals surface area contributed by atoms with Crippen LogP contribution in [0.3, 0.4) is 0 Å². The number of carboxylic acid groups (broad SMARTS) is 1. The maximum atomic E-state index is 12.3. The number of carbonyl (C=O) groups is 1. The first-order valence-electron chi connectivity index (χ1n) is 6.00. The van der Waals surface area contributed by atoms with Gasteiger partial charge >= 0.3 is 5.97 Å². The van der Waals surface area contributed by atoms with Crippen molar-refractivity contribution in [1.29, 1.82) is 0 Å². The molecular weight excluding hydrogens is 242 g/mol. The van der Waals surface area contributed by atoms with Crippen LogP contribution in [0.2, 0.25) is 0 Å². The zero-order chi connectivity index (χ0) is 14.0. The Hall–Kier alpha value is -2.36. The number of aromatic nitrogens is 1. The van der Waals surface area contributed by atoms with Crippen LogP contribution in [0.4, 0.5) is 0 Å². The fourth-order valence-corrected chi connectivity index (χ4v) is 2.18. The molecule has 0 saturated carbocycles. The molecule has 0 unspecified atom stereocenters. The van der Waals surface area contributed by atoms with Crippen molar-refractivity contribution in [2.45, 2.75) is 20.3 Å². The number of pyridine rings is 1. The summed E-state index contributed by atoms with van der Waals surface area (Å²) in [5.74, 6) is -1.19. The zero-order valence-corrected chi connectivity index (χ0v) is 10.9. The summed E-state index contributed by atoms with van der Waals surface area (Å²) in [6.07, 6.45) is 0.433. The second kappa shape index (κ2) is 5.10. The van der Waals surface area contributed by atoms with Gasteiger partial charge in [-0.1, -0.05) is 30.3 Å². The lowest BCUT2D eigenvalue weighted by atomic mass is 10.0. The summed E-state index contributed by atoms with van der Waals surface area (Å²) >= 11 is 0. The van der Waals surface area contributed by atoms with Crippen LogP contribution in [0.25, 0.3) is 0 Å². The molecule has 0 radical (unpaired) electrons. The van der Waals surface area contributed by atoms with Crippen LogP contribution in [-0.4, -0.2) is 16.1 Å². The summed E-state index contributed by atoms with van der Waals surface area (Å²) in [7, 11) is 0. The Bertz CT molecular complexity index is 672. The van der Waals surface area contributed by atoms with Crippen LogP contribution in [0.5, 0.6) is 0 Å². The van der Waals surface area contributed by atoms with Gasteiger partial charge in [0.05, 0.1) is 0 Å². The van der Waals surface area contributed by atoms with Gasteiger partial charge in [-0.25, -0.2) is 4.79 Å². The summed E-state index contributed by atoms with van der Waals surface area (Å²) in [6.45, 7) is 3.39. The van der Waals surface area contributed by atoms with E-state index in [2.05, 4.69) is 4.98 Å². The summed E-state index contributed by atoms with van der Waals surface area (Å²) in [5, 5.41) is 9.11. The predicted octanol–water partition coefficient (Wildman–Crippen LogP) is 2.28. The van der Waals surface area contributed by atoms with Crippen LogP contribution in [0.15, 0.2) is 35.1 Å². The molecule has 0 amide bonds. The second-order valence-electron chi connectivity index (χ2n) is 4.53. The van der Waals surface area contributed by atoms with Gasteiger partial charge in [0.1, 0.15) is 5.56 Å². The predicted molar refractivity (Wildman–Crippen MR) is 72.7 cm³/mol. The van der Waals surface area contributed by atoms with Crippen molar-refractivity contribution in [3.05, 3.63) is 68.6 Å². The topological polar surface area (TPSA) is 70.2 Å². The molecule has 0 saturated heterocycles. The lowest BCUT2D eigenvalue weighted by Gasteiger charge is -2.09. The quantitative estimate of drug-likeness (QED) is 0.886. The molecule has 0 spiro atoms. The van der Waals surface area contributed by atoms with E-state index in [1.54, 1.807) is 13.8 Å². The van der Waals surface area contributed by atoms with Crippen molar-refractivity contribution in [3.63, 3.8) is 0 Å². The van der Waals surface area contributed by atoms with E-state index in [4.69, 9.17) is 5.11 Å². The molecule has 0 aliphatic heterocycles. The van der Waals surface area contributed by atoms with Crippen molar-refractivity contribution in [3.8, 4) is 0 Å². The van der Waals surface area contributed by atoms with Crippen LogP contribution in [-0.2, 0) is 6.42 Å². The van der Waals surface area contributed by atoms with Crippen LogP contribution in [0.1, 0.15) is 32.9 Å².